The minimum Gasteiger partial charge on any atom is -0.355 e. The minimum absolute atomic E-state index is 0.908. The van der Waals surface area contributed by atoms with Crippen LogP contribution in [0.15, 0.2) is 29.0 Å². The van der Waals surface area contributed by atoms with Crippen LogP contribution in [0.1, 0.15) is 37.1 Å². The summed E-state index contributed by atoms with van der Waals surface area (Å²) in [5.74, 6) is 1.06. The summed E-state index contributed by atoms with van der Waals surface area (Å²) in [6.45, 7) is 7.24. The molecule has 0 fully saturated rings. The van der Waals surface area contributed by atoms with Gasteiger partial charge in [-0.05, 0) is 59.5 Å². The highest BCUT2D eigenvalue weighted by Gasteiger charge is 2.07. The number of thiophene rings is 1. The van der Waals surface area contributed by atoms with Gasteiger partial charge in [0.2, 0.25) is 0 Å². The van der Waals surface area contributed by atoms with E-state index in [4.69, 9.17) is 4.98 Å². The molecular weight excluding hydrogens is 278 g/mol. The van der Waals surface area contributed by atoms with Crippen molar-refractivity contribution >= 4 is 17.2 Å². The molecule has 2 rings (SSSR count). The first kappa shape index (κ1) is 16.0. The van der Waals surface area contributed by atoms with Crippen LogP contribution < -0.4 is 10.2 Å². The molecule has 2 aromatic rings. The maximum atomic E-state index is 4.76. The van der Waals surface area contributed by atoms with Gasteiger partial charge >= 0.3 is 0 Å². The maximum absolute atomic E-state index is 4.76. The van der Waals surface area contributed by atoms with E-state index in [1.807, 2.05) is 0 Å². The van der Waals surface area contributed by atoms with Crippen LogP contribution in [0, 0.1) is 0 Å². The Morgan fingerprint density at radius 3 is 2.76 bits per heavy atom. The molecule has 0 atom stereocenters. The fourth-order valence-corrected chi connectivity index (χ4v) is 2.92. The summed E-state index contributed by atoms with van der Waals surface area (Å²) >= 11 is 1.74. The molecule has 0 bridgehead atoms. The van der Waals surface area contributed by atoms with Gasteiger partial charge in [-0.3, -0.25) is 0 Å². The second-order valence-electron chi connectivity index (χ2n) is 5.34. The average molecular weight is 303 g/mol. The van der Waals surface area contributed by atoms with Crippen LogP contribution in [0.4, 0.5) is 5.82 Å². The van der Waals surface area contributed by atoms with Gasteiger partial charge in [0.25, 0.3) is 0 Å². The Balaban J connectivity index is 2.11. The van der Waals surface area contributed by atoms with Gasteiger partial charge in [0.1, 0.15) is 5.82 Å². The van der Waals surface area contributed by atoms with Gasteiger partial charge in [0.15, 0.2) is 0 Å². The van der Waals surface area contributed by atoms with Crippen molar-refractivity contribution in [3.05, 3.63) is 45.8 Å². The Labute approximate surface area is 132 Å². The van der Waals surface area contributed by atoms with Crippen molar-refractivity contribution in [3.63, 3.8) is 0 Å². The monoisotopic (exact) mass is 303 g/mol. The number of aryl methyl sites for hydroxylation is 1. The van der Waals surface area contributed by atoms with Crippen molar-refractivity contribution in [2.45, 2.75) is 39.8 Å². The molecule has 0 aliphatic carbocycles. The number of rotatable bonds is 8. The van der Waals surface area contributed by atoms with Gasteiger partial charge in [0.05, 0.1) is 0 Å². The first-order chi connectivity index (χ1) is 10.2. The molecule has 0 amide bonds. The summed E-state index contributed by atoms with van der Waals surface area (Å²) in [4.78, 5) is 6.99. The summed E-state index contributed by atoms with van der Waals surface area (Å²) in [5.41, 5.74) is 3.83. The van der Waals surface area contributed by atoms with Crippen molar-refractivity contribution in [1.29, 1.82) is 0 Å². The van der Waals surface area contributed by atoms with Crippen LogP contribution in [0.5, 0.6) is 0 Å². The van der Waals surface area contributed by atoms with Crippen molar-refractivity contribution in [1.82, 2.24) is 10.3 Å². The highest BCUT2D eigenvalue weighted by molar-refractivity contribution is 7.07. The number of hydrogen-bond donors (Lipinski definition) is 1. The zero-order chi connectivity index (χ0) is 15.1. The molecular formula is C17H25N3S. The zero-order valence-corrected chi connectivity index (χ0v) is 14.0. The molecule has 1 N–H and O–H groups in total. The Kier molecular flexibility index (Phi) is 6.21. The summed E-state index contributed by atoms with van der Waals surface area (Å²) in [7, 11) is 2.11. The van der Waals surface area contributed by atoms with E-state index in [2.05, 4.69) is 60.1 Å². The normalized spacial score (nSPS) is 10.8. The van der Waals surface area contributed by atoms with Crippen LogP contribution in [-0.2, 0) is 19.5 Å². The average Bonchev–Trinajstić information content (AvgIpc) is 3.00. The van der Waals surface area contributed by atoms with Crippen LogP contribution >= 0.6 is 11.3 Å². The number of anilines is 1. The quantitative estimate of drug-likeness (QED) is 0.751. The van der Waals surface area contributed by atoms with Gasteiger partial charge in [-0.15, -0.1) is 0 Å². The van der Waals surface area contributed by atoms with E-state index in [0.717, 1.165) is 44.0 Å². The van der Waals surface area contributed by atoms with Crippen molar-refractivity contribution in [2.24, 2.45) is 0 Å². The molecule has 0 spiro atoms. The van der Waals surface area contributed by atoms with E-state index in [9.17, 15) is 0 Å². The first-order valence-electron chi connectivity index (χ1n) is 7.65. The van der Waals surface area contributed by atoms with Crippen LogP contribution in [0.25, 0.3) is 0 Å². The smallest absolute Gasteiger partial charge is 0.129 e. The second kappa shape index (κ2) is 8.15. The lowest BCUT2D eigenvalue weighted by atomic mass is 10.2. The predicted octanol–water partition coefficient (Wildman–Crippen LogP) is 3.84. The van der Waals surface area contributed by atoms with Gasteiger partial charge in [-0.1, -0.05) is 13.8 Å². The molecule has 0 aliphatic heterocycles. The topological polar surface area (TPSA) is 28.2 Å². The standard InChI is InChI=1S/C17H25N3S/c1-4-7-18-11-15-9-16(5-2)19-17(10-15)20(3)12-14-6-8-21-13-14/h6,8-10,13,18H,4-5,7,11-12H2,1-3H3. The number of nitrogens with zero attached hydrogens (tertiary/aromatic N) is 2. The molecule has 4 heteroatoms. The molecule has 0 saturated heterocycles. The molecule has 0 radical (unpaired) electrons. The fourth-order valence-electron chi connectivity index (χ4n) is 2.26. The second-order valence-corrected chi connectivity index (χ2v) is 6.12. The molecule has 0 saturated carbocycles. The van der Waals surface area contributed by atoms with Crippen LogP contribution in [0.2, 0.25) is 0 Å². The zero-order valence-electron chi connectivity index (χ0n) is 13.2. The third-order valence-corrected chi connectivity index (χ3v) is 4.17. The van der Waals surface area contributed by atoms with E-state index in [1.54, 1.807) is 11.3 Å². The van der Waals surface area contributed by atoms with Crippen molar-refractivity contribution in [2.75, 3.05) is 18.5 Å². The lowest BCUT2D eigenvalue weighted by molar-refractivity contribution is 0.673. The van der Waals surface area contributed by atoms with Crippen LogP contribution in [-0.4, -0.2) is 18.6 Å². The van der Waals surface area contributed by atoms with Crippen molar-refractivity contribution in [3.8, 4) is 0 Å². The number of aromatic nitrogens is 1. The lowest BCUT2D eigenvalue weighted by Crippen LogP contribution is -2.19. The summed E-state index contributed by atoms with van der Waals surface area (Å²) in [5, 5.41) is 7.79. The van der Waals surface area contributed by atoms with E-state index < -0.39 is 0 Å². The first-order valence-corrected chi connectivity index (χ1v) is 8.60. The number of nitrogens with one attached hydrogen (secondary N) is 1. The largest absolute Gasteiger partial charge is 0.355 e. The molecule has 3 nitrogen and oxygen atoms in total. The predicted molar refractivity (Wildman–Crippen MR) is 92.0 cm³/mol. The summed E-state index contributed by atoms with van der Waals surface area (Å²) < 4.78 is 0. The molecule has 21 heavy (non-hydrogen) atoms. The molecule has 0 aliphatic rings. The van der Waals surface area contributed by atoms with E-state index in [-0.39, 0.29) is 0 Å². The highest BCUT2D eigenvalue weighted by atomic mass is 32.1. The van der Waals surface area contributed by atoms with Crippen LogP contribution in [0.3, 0.4) is 0 Å². The minimum atomic E-state index is 0.908. The lowest BCUT2D eigenvalue weighted by Gasteiger charge is -2.19. The molecule has 0 unspecified atom stereocenters. The Morgan fingerprint density at radius 1 is 1.24 bits per heavy atom. The van der Waals surface area contributed by atoms with Gasteiger partial charge in [0, 0.05) is 25.8 Å². The summed E-state index contributed by atoms with van der Waals surface area (Å²) in [6.07, 6.45) is 2.14. The Morgan fingerprint density at radius 2 is 2.10 bits per heavy atom. The van der Waals surface area contributed by atoms with Gasteiger partial charge in [-0.25, -0.2) is 4.98 Å². The Hall–Kier alpha value is -1.39. The molecule has 2 aromatic heterocycles. The van der Waals surface area contributed by atoms with E-state index in [0.29, 0.717) is 0 Å². The SMILES string of the molecule is CCCNCc1cc(CC)nc(N(C)Cc2ccsc2)c1. The van der Waals surface area contributed by atoms with Crippen molar-refractivity contribution < 1.29 is 0 Å². The number of pyridine rings is 1. The molecule has 2 heterocycles. The third kappa shape index (κ3) is 4.83. The molecule has 114 valence electrons. The third-order valence-electron chi connectivity index (χ3n) is 3.43. The molecule has 0 aromatic carbocycles. The number of hydrogen-bond acceptors (Lipinski definition) is 4. The maximum Gasteiger partial charge on any atom is 0.129 e. The van der Waals surface area contributed by atoms with E-state index in [1.165, 1.54) is 11.1 Å². The fraction of sp³-hybridized carbons (Fsp3) is 0.471. The van der Waals surface area contributed by atoms with Gasteiger partial charge < -0.3 is 10.2 Å². The Bertz CT molecular complexity index is 537. The van der Waals surface area contributed by atoms with E-state index >= 15 is 0 Å². The van der Waals surface area contributed by atoms with Gasteiger partial charge in [-0.2, -0.15) is 11.3 Å². The summed E-state index contributed by atoms with van der Waals surface area (Å²) in [6, 6.07) is 6.59. The highest BCUT2D eigenvalue weighted by Crippen LogP contribution is 2.18.